The van der Waals surface area contributed by atoms with Crippen LogP contribution in [0.1, 0.15) is 56.6 Å². The van der Waals surface area contributed by atoms with Gasteiger partial charge >= 0.3 is 5.97 Å². The van der Waals surface area contributed by atoms with E-state index in [0.717, 1.165) is 73.3 Å². The second-order valence-electron chi connectivity index (χ2n) is 10.1. The maximum atomic E-state index is 13.4. The van der Waals surface area contributed by atoms with Gasteiger partial charge in [-0.25, -0.2) is 9.78 Å². The van der Waals surface area contributed by atoms with Gasteiger partial charge in [-0.15, -0.1) is 10.2 Å². The van der Waals surface area contributed by atoms with E-state index in [1.807, 2.05) is 25.1 Å². The summed E-state index contributed by atoms with van der Waals surface area (Å²) in [6, 6.07) is 16.4. The van der Waals surface area contributed by atoms with Crippen LogP contribution in [0.3, 0.4) is 0 Å². The second-order valence-corrected chi connectivity index (χ2v) is 10.5. The smallest absolute Gasteiger partial charge is 0.332 e. The van der Waals surface area contributed by atoms with Gasteiger partial charge in [0, 0.05) is 18.5 Å². The number of benzene rings is 2. The molecule has 1 aliphatic rings. The molecule has 4 aromatic rings. The number of aromatic amines is 1. The zero-order chi connectivity index (χ0) is 27.4. The molecule has 39 heavy (non-hydrogen) atoms. The highest BCUT2D eigenvalue weighted by molar-refractivity contribution is 6.30. The number of nitrogens with zero attached hydrogens (tertiary/aromatic N) is 6. The van der Waals surface area contributed by atoms with Crippen molar-refractivity contribution in [1.29, 1.82) is 0 Å². The molecule has 0 bridgehead atoms. The quantitative estimate of drug-likeness (QED) is 0.270. The molecule has 3 heterocycles. The van der Waals surface area contributed by atoms with Gasteiger partial charge < -0.3 is 9.30 Å². The average Bonchev–Trinajstić information content (AvgIpc) is 3.74. The minimum Gasteiger partial charge on any atom is -0.467 e. The summed E-state index contributed by atoms with van der Waals surface area (Å²) in [6.45, 7) is 6.24. The third-order valence-corrected chi connectivity index (χ3v) is 7.92. The summed E-state index contributed by atoms with van der Waals surface area (Å²) in [5.74, 6) is 1.12. The van der Waals surface area contributed by atoms with Gasteiger partial charge in [0.2, 0.25) is 5.82 Å². The van der Waals surface area contributed by atoms with Crippen LogP contribution in [-0.4, -0.2) is 61.2 Å². The van der Waals surface area contributed by atoms with Crippen LogP contribution < -0.4 is 0 Å². The zero-order valence-corrected chi connectivity index (χ0v) is 23.4. The highest BCUT2D eigenvalue weighted by atomic mass is 35.5. The number of rotatable bonds is 10. The van der Waals surface area contributed by atoms with Crippen LogP contribution in [0.25, 0.3) is 22.5 Å². The Balaban J connectivity index is 1.53. The number of halogens is 1. The largest absolute Gasteiger partial charge is 0.467 e. The summed E-state index contributed by atoms with van der Waals surface area (Å²) in [5.41, 5.74) is 3.74. The SMILES string of the molecule is CCCCc1nc(Cl)c([C@@](C)(C(=O)OC)N2CCCC2)n1Cc1ccc(-c2ccccc2-c2nn[nH]n2)cc1. The number of tetrazole rings is 1. The van der Waals surface area contributed by atoms with Crippen LogP contribution in [0.5, 0.6) is 0 Å². The lowest BCUT2D eigenvalue weighted by Crippen LogP contribution is -2.50. The van der Waals surface area contributed by atoms with E-state index in [2.05, 4.69) is 67.3 Å². The van der Waals surface area contributed by atoms with Crippen molar-refractivity contribution in [3.8, 4) is 22.5 Å². The van der Waals surface area contributed by atoms with E-state index in [9.17, 15) is 4.79 Å². The van der Waals surface area contributed by atoms with E-state index >= 15 is 0 Å². The maximum absolute atomic E-state index is 13.4. The minimum atomic E-state index is -1.02. The highest BCUT2D eigenvalue weighted by Crippen LogP contribution is 2.38. The molecule has 0 spiro atoms. The second kappa shape index (κ2) is 11.7. The standard InChI is InChI=1S/C29H34ClN7O2/c1-4-5-12-24-31-26(30)25(29(2,28(38)39-3)36-17-8-9-18-36)37(24)19-20-13-15-21(16-14-20)22-10-6-7-11-23(22)27-32-34-35-33-27/h6-7,10-11,13-16H,4-5,8-9,12,17-19H2,1-3H3,(H,32,33,34,35)/t29-/m0/s1. The third-order valence-electron chi connectivity index (χ3n) is 7.66. The number of esters is 1. The van der Waals surface area contributed by atoms with Crippen LogP contribution in [0.2, 0.25) is 5.15 Å². The number of hydrogen-bond donors (Lipinski definition) is 1. The summed E-state index contributed by atoms with van der Waals surface area (Å²) >= 11 is 6.84. The lowest BCUT2D eigenvalue weighted by Gasteiger charge is -2.37. The van der Waals surface area contributed by atoms with Crippen LogP contribution >= 0.6 is 11.6 Å². The Kier molecular flexibility index (Phi) is 8.09. The molecule has 0 amide bonds. The van der Waals surface area contributed by atoms with Gasteiger partial charge in [-0.2, -0.15) is 5.21 Å². The van der Waals surface area contributed by atoms with Crippen molar-refractivity contribution in [2.24, 2.45) is 0 Å². The van der Waals surface area contributed by atoms with Gasteiger partial charge in [0.05, 0.1) is 12.8 Å². The van der Waals surface area contributed by atoms with Gasteiger partial charge in [-0.3, -0.25) is 4.90 Å². The maximum Gasteiger partial charge on any atom is 0.332 e. The fraction of sp³-hybridized carbons (Fsp3) is 0.414. The fourth-order valence-electron chi connectivity index (χ4n) is 5.54. The van der Waals surface area contributed by atoms with Gasteiger partial charge in [-0.1, -0.05) is 73.5 Å². The number of nitrogens with one attached hydrogen (secondary N) is 1. The molecule has 2 aromatic carbocycles. The van der Waals surface area contributed by atoms with Crippen molar-refractivity contribution in [3.63, 3.8) is 0 Å². The molecule has 1 N–H and O–H groups in total. The highest BCUT2D eigenvalue weighted by Gasteiger charge is 2.48. The lowest BCUT2D eigenvalue weighted by atomic mass is 9.95. The molecule has 1 atom stereocenters. The number of ether oxygens (including phenoxy) is 1. The number of likely N-dealkylation sites (tertiary alicyclic amines) is 1. The molecule has 1 saturated heterocycles. The first-order valence-corrected chi connectivity index (χ1v) is 13.9. The number of hydrogen-bond acceptors (Lipinski definition) is 7. The van der Waals surface area contributed by atoms with Gasteiger partial charge in [-0.05, 0) is 61.2 Å². The Morgan fingerprint density at radius 2 is 1.82 bits per heavy atom. The van der Waals surface area contributed by atoms with E-state index in [0.29, 0.717) is 23.2 Å². The molecule has 1 aliphatic heterocycles. The normalized spacial score (nSPS) is 15.4. The molecule has 204 valence electrons. The van der Waals surface area contributed by atoms with E-state index in [1.165, 1.54) is 7.11 Å². The summed E-state index contributed by atoms with van der Waals surface area (Å²) < 4.78 is 7.48. The van der Waals surface area contributed by atoms with Crippen molar-refractivity contribution >= 4 is 17.6 Å². The van der Waals surface area contributed by atoms with Crippen molar-refractivity contribution in [1.82, 2.24) is 35.1 Å². The Labute approximate surface area is 233 Å². The predicted molar refractivity (Wildman–Crippen MR) is 150 cm³/mol. The zero-order valence-electron chi connectivity index (χ0n) is 22.7. The molecule has 5 rings (SSSR count). The van der Waals surface area contributed by atoms with Gasteiger partial charge in [0.15, 0.2) is 10.7 Å². The minimum absolute atomic E-state index is 0.317. The van der Waals surface area contributed by atoms with E-state index in [-0.39, 0.29) is 5.97 Å². The Morgan fingerprint density at radius 3 is 2.46 bits per heavy atom. The van der Waals surface area contributed by atoms with Crippen molar-refractivity contribution in [3.05, 3.63) is 70.8 Å². The monoisotopic (exact) mass is 547 g/mol. The van der Waals surface area contributed by atoms with Crippen LogP contribution in [0.15, 0.2) is 48.5 Å². The lowest BCUT2D eigenvalue weighted by molar-refractivity contribution is -0.155. The fourth-order valence-corrected chi connectivity index (χ4v) is 5.93. The van der Waals surface area contributed by atoms with Crippen LogP contribution in [0, 0.1) is 0 Å². The Bertz CT molecular complexity index is 1410. The van der Waals surface area contributed by atoms with E-state index < -0.39 is 5.54 Å². The molecule has 0 aliphatic carbocycles. The number of H-pyrrole nitrogens is 1. The number of aromatic nitrogens is 6. The number of methoxy groups -OCH3 is 1. The third kappa shape index (κ3) is 5.21. The first-order chi connectivity index (χ1) is 19.0. The molecule has 0 saturated carbocycles. The molecule has 1 fully saturated rings. The molecule has 2 aromatic heterocycles. The molecule has 9 nitrogen and oxygen atoms in total. The van der Waals surface area contributed by atoms with E-state index in [1.54, 1.807) is 0 Å². The molecule has 0 radical (unpaired) electrons. The van der Waals surface area contributed by atoms with Crippen molar-refractivity contribution in [2.45, 2.75) is 58.0 Å². The van der Waals surface area contributed by atoms with E-state index in [4.69, 9.17) is 21.3 Å². The van der Waals surface area contributed by atoms with Crippen LogP contribution in [0.4, 0.5) is 0 Å². The van der Waals surface area contributed by atoms with Gasteiger partial charge in [0.25, 0.3) is 0 Å². The summed E-state index contributed by atoms with van der Waals surface area (Å²) in [6.07, 6.45) is 4.87. The first-order valence-electron chi connectivity index (χ1n) is 13.5. The molecule has 10 heteroatoms. The molecule has 0 unspecified atom stereocenters. The number of carbonyl (C=O) groups is 1. The van der Waals surface area contributed by atoms with Crippen LogP contribution in [-0.2, 0) is 28.0 Å². The summed E-state index contributed by atoms with van der Waals surface area (Å²) in [4.78, 5) is 20.3. The van der Waals surface area contributed by atoms with Gasteiger partial charge in [0.1, 0.15) is 5.82 Å². The first kappa shape index (κ1) is 27.0. The average molecular weight is 548 g/mol. The van der Waals surface area contributed by atoms with Crippen molar-refractivity contribution < 1.29 is 9.53 Å². The number of carbonyl (C=O) groups excluding carboxylic acids is 1. The number of aryl methyl sites for hydroxylation is 1. The number of imidazole rings is 1. The summed E-state index contributed by atoms with van der Waals surface area (Å²) in [7, 11) is 1.44. The summed E-state index contributed by atoms with van der Waals surface area (Å²) in [5, 5.41) is 14.9. The molecular formula is C29H34ClN7O2. The molecular weight excluding hydrogens is 514 g/mol. The Morgan fingerprint density at radius 1 is 1.10 bits per heavy atom. The van der Waals surface area contributed by atoms with Crippen molar-refractivity contribution in [2.75, 3.05) is 20.2 Å². The predicted octanol–water partition coefficient (Wildman–Crippen LogP) is 5.26. The Hall–Kier alpha value is -3.56. The number of unbranched alkanes of at least 4 members (excludes halogenated alkanes) is 1. The topological polar surface area (TPSA) is 102 Å².